The zero-order chi connectivity index (χ0) is 14.9. The second-order valence-corrected chi connectivity index (χ2v) is 4.83. The zero-order valence-electron chi connectivity index (χ0n) is 10.4. The summed E-state index contributed by atoms with van der Waals surface area (Å²) in [5.41, 5.74) is 7.91. The Morgan fingerprint density at radius 3 is 2.65 bits per heavy atom. The highest BCUT2D eigenvalue weighted by atomic mass is 35.5. The van der Waals surface area contributed by atoms with Gasteiger partial charge in [0.05, 0.1) is 11.4 Å². The molecule has 5 nitrogen and oxygen atoms in total. The van der Waals surface area contributed by atoms with Gasteiger partial charge < -0.3 is 15.6 Å². The third kappa shape index (κ3) is 2.95. The third-order valence-corrected chi connectivity index (χ3v) is 3.39. The number of aromatic nitrogens is 1. The molecule has 1 aromatic heterocycles. The van der Waals surface area contributed by atoms with Crippen molar-refractivity contribution in [3.05, 3.63) is 39.9 Å². The Balaban J connectivity index is 2.54. The summed E-state index contributed by atoms with van der Waals surface area (Å²) in [7, 11) is 0. The first-order valence-electron chi connectivity index (χ1n) is 5.52. The lowest BCUT2D eigenvalue weighted by Crippen LogP contribution is -2.06. The van der Waals surface area contributed by atoms with Crippen LogP contribution in [0.1, 0.15) is 5.56 Å². The van der Waals surface area contributed by atoms with Crippen LogP contribution in [0.5, 0.6) is 5.88 Å². The molecule has 2 aromatic rings. The number of hydrogen-bond donors (Lipinski definition) is 2. The van der Waals surface area contributed by atoms with Gasteiger partial charge in [-0.2, -0.15) is 0 Å². The molecule has 0 spiro atoms. The molecule has 104 valence electrons. The highest BCUT2D eigenvalue weighted by Gasteiger charge is 2.14. The van der Waals surface area contributed by atoms with Crippen molar-refractivity contribution in [1.29, 1.82) is 0 Å². The van der Waals surface area contributed by atoms with Gasteiger partial charge in [0, 0.05) is 10.6 Å². The van der Waals surface area contributed by atoms with Crippen LogP contribution in [0, 0.1) is 6.92 Å². The average molecular weight is 313 g/mol. The Morgan fingerprint density at radius 1 is 1.35 bits per heavy atom. The molecule has 0 atom stereocenters. The van der Waals surface area contributed by atoms with Crippen molar-refractivity contribution < 1.29 is 14.6 Å². The molecule has 0 aliphatic carbocycles. The van der Waals surface area contributed by atoms with Crippen LogP contribution in [-0.2, 0) is 0 Å². The van der Waals surface area contributed by atoms with Crippen LogP contribution < -0.4 is 10.5 Å². The minimum Gasteiger partial charge on any atom is -0.449 e. The summed E-state index contributed by atoms with van der Waals surface area (Å²) in [6.45, 7) is 1.87. The monoisotopic (exact) mass is 312 g/mol. The normalized spacial score (nSPS) is 10.3. The van der Waals surface area contributed by atoms with Crippen molar-refractivity contribution >= 4 is 35.0 Å². The van der Waals surface area contributed by atoms with Gasteiger partial charge in [0.15, 0.2) is 0 Å². The van der Waals surface area contributed by atoms with Crippen LogP contribution in [-0.4, -0.2) is 16.2 Å². The predicted octanol–water partition coefficient (Wildman–Crippen LogP) is 4.00. The fourth-order valence-electron chi connectivity index (χ4n) is 1.58. The van der Waals surface area contributed by atoms with E-state index in [-0.39, 0.29) is 16.6 Å². The number of hydrogen-bond acceptors (Lipinski definition) is 4. The molecule has 0 aliphatic heterocycles. The average Bonchev–Trinajstić information content (AvgIpc) is 2.37. The third-order valence-electron chi connectivity index (χ3n) is 2.61. The van der Waals surface area contributed by atoms with E-state index in [9.17, 15) is 4.79 Å². The molecule has 7 heteroatoms. The van der Waals surface area contributed by atoms with Crippen molar-refractivity contribution in [3.63, 3.8) is 0 Å². The van der Waals surface area contributed by atoms with Crippen molar-refractivity contribution in [3.8, 4) is 17.1 Å². The van der Waals surface area contributed by atoms with Gasteiger partial charge in [0.2, 0.25) is 5.88 Å². The molecule has 20 heavy (non-hydrogen) atoms. The summed E-state index contributed by atoms with van der Waals surface area (Å²) in [5, 5.41) is 9.16. The van der Waals surface area contributed by atoms with Crippen molar-refractivity contribution in [2.24, 2.45) is 0 Å². The number of halogens is 2. The summed E-state index contributed by atoms with van der Waals surface area (Å²) < 4.78 is 4.50. The number of nitrogens with two attached hydrogens (primary N) is 1. The van der Waals surface area contributed by atoms with Gasteiger partial charge in [-0.25, -0.2) is 9.78 Å². The first-order valence-corrected chi connectivity index (χ1v) is 6.27. The molecule has 0 unspecified atom stereocenters. The minimum atomic E-state index is -1.52. The molecule has 0 amide bonds. The van der Waals surface area contributed by atoms with Crippen molar-refractivity contribution in [1.82, 2.24) is 4.98 Å². The number of ether oxygens (including phenoxy) is 1. The maximum atomic E-state index is 10.6. The summed E-state index contributed by atoms with van der Waals surface area (Å²) >= 11 is 11.9. The number of anilines is 1. The highest BCUT2D eigenvalue weighted by Crippen LogP contribution is 2.33. The number of rotatable bonds is 2. The molecular formula is C13H10Cl2N2O3. The van der Waals surface area contributed by atoms with Crippen molar-refractivity contribution in [2.75, 3.05) is 5.73 Å². The van der Waals surface area contributed by atoms with Crippen LogP contribution in [0.4, 0.5) is 10.5 Å². The van der Waals surface area contributed by atoms with Crippen LogP contribution in [0.3, 0.4) is 0 Å². The molecule has 2 rings (SSSR count). The van der Waals surface area contributed by atoms with Gasteiger partial charge in [-0.05, 0) is 24.6 Å². The van der Waals surface area contributed by atoms with Gasteiger partial charge in [-0.1, -0.05) is 35.3 Å². The molecule has 0 radical (unpaired) electrons. The van der Waals surface area contributed by atoms with E-state index >= 15 is 0 Å². The molecule has 0 fully saturated rings. The largest absolute Gasteiger partial charge is 0.512 e. The quantitative estimate of drug-likeness (QED) is 0.818. The molecule has 0 saturated heterocycles. The number of nitrogens with zero attached hydrogens (tertiary/aromatic N) is 1. The van der Waals surface area contributed by atoms with Crippen molar-refractivity contribution in [2.45, 2.75) is 6.92 Å². The van der Waals surface area contributed by atoms with Gasteiger partial charge in [0.1, 0.15) is 5.02 Å². The lowest BCUT2D eigenvalue weighted by molar-refractivity contribution is 0.142. The molecule has 1 aromatic carbocycles. The molecule has 0 bridgehead atoms. The molecular weight excluding hydrogens is 303 g/mol. The Morgan fingerprint density at radius 2 is 2.05 bits per heavy atom. The lowest BCUT2D eigenvalue weighted by Gasteiger charge is -2.09. The number of benzene rings is 1. The second-order valence-electron chi connectivity index (χ2n) is 4.05. The number of nitrogen functional groups attached to an aromatic ring is 1. The van der Waals surface area contributed by atoms with Gasteiger partial charge >= 0.3 is 6.16 Å². The summed E-state index contributed by atoms with van der Waals surface area (Å²) in [6.07, 6.45) is -1.52. The second kappa shape index (κ2) is 5.56. The number of pyridine rings is 1. The van der Waals surface area contributed by atoms with E-state index in [4.69, 9.17) is 34.0 Å². The fourth-order valence-corrected chi connectivity index (χ4v) is 1.89. The molecule has 3 N–H and O–H groups in total. The standard InChI is InChI=1S/C13H10Cl2N2O3/c1-6-2-3-7(4-8(6)14)10-5-9(16)11(15)12(17-10)20-13(18)19/h2-5H,1H3,(H2,16,17)(H,18,19). The maximum Gasteiger partial charge on any atom is 0.512 e. The Kier molecular flexibility index (Phi) is 4.01. The van der Waals surface area contributed by atoms with E-state index in [1.54, 1.807) is 12.1 Å². The minimum absolute atomic E-state index is 0.0469. The molecule has 1 heterocycles. The van der Waals surface area contributed by atoms with E-state index in [0.29, 0.717) is 16.3 Å². The van der Waals surface area contributed by atoms with E-state index in [1.165, 1.54) is 6.07 Å². The Hall–Kier alpha value is -1.98. The maximum absolute atomic E-state index is 10.6. The zero-order valence-corrected chi connectivity index (χ0v) is 11.9. The topological polar surface area (TPSA) is 85.4 Å². The number of aryl methyl sites for hydroxylation is 1. The Labute approximate surface area is 124 Å². The van der Waals surface area contributed by atoms with Crippen LogP contribution in [0.15, 0.2) is 24.3 Å². The number of carbonyl (C=O) groups is 1. The van der Waals surface area contributed by atoms with Crippen LogP contribution in [0.25, 0.3) is 11.3 Å². The SMILES string of the molecule is Cc1ccc(-c2cc(N)c(Cl)c(OC(=O)O)n2)cc1Cl. The smallest absolute Gasteiger partial charge is 0.449 e. The first-order chi connectivity index (χ1) is 9.38. The summed E-state index contributed by atoms with van der Waals surface area (Å²) in [4.78, 5) is 14.6. The summed E-state index contributed by atoms with van der Waals surface area (Å²) in [6, 6.07) is 6.85. The van der Waals surface area contributed by atoms with Gasteiger partial charge in [0.25, 0.3) is 0 Å². The lowest BCUT2D eigenvalue weighted by atomic mass is 10.1. The van der Waals surface area contributed by atoms with E-state index in [2.05, 4.69) is 9.72 Å². The first kappa shape index (κ1) is 14.4. The van der Waals surface area contributed by atoms with Gasteiger partial charge in [-0.3, -0.25) is 0 Å². The van der Waals surface area contributed by atoms with Crippen LogP contribution >= 0.6 is 23.2 Å². The molecule has 0 aliphatic rings. The predicted molar refractivity (Wildman–Crippen MR) is 77.5 cm³/mol. The fraction of sp³-hybridized carbons (Fsp3) is 0.0769. The highest BCUT2D eigenvalue weighted by molar-refractivity contribution is 6.34. The Bertz CT molecular complexity index is 690. The number of carboxylic acid groups (broad SMARTS) is 1. The van der Waals surface area contributed by atoms with E-state index in [1.807, 2.05) is 13.0 Å². The van der Waals surface area contributed by atoms with E-state index in [0.717, 1.165) is 5.56 Å². The molecule has 0 saturated carbocycles. The van der Waals surface area contributed by atoms with Gasteiger partial charge in [-0.15, -0.1) is 0 Å². The van der Waals surface area contributed by atoms with Crippen LogP contribution in [0.2, 0.25) is 10.0 Å². The van der Waals surface area contributed by atoms with E-state index < -0.39 is 6.16 Å². The summed E-state index contributed by atoms with van der Waals surface area (Å²) in [5.74, 6) is -0.258.